The first-order valence-electron chi connectivity index (χ1n) is 4.84. The van der Waals surface area contributed by atoms with Crippen molar-refractivity contribution < 1.29 is 13.5 Å². The van der Waals surface area contributed by atoms with Crippen molar-refractivity contribution in [1.29, 1.82) is 0 Å². The number of hydrogen-bond acceptors (Lipinski definition) is 3. The molecule has 0 saturated heterocycles. The fraction of sp³-hybridized carbons (Fsp3) is 1.00. The van der Waals surface area contributed by atoms with Gasteiger partial charge in [0.1, 0.15) is 0 Å². The lowest BCUT2D eigenvalue weighted by atomic mass is 9.94. The maximum absolute atomic E-state index is 10.7. The molecule has 0 aromatic rings. The van der Waals surface area contributed by atoms with Crippen LogP contribution in [0.3, 0.4) is 0 Å². The second-order valence-electron chi connectivity index (χ2n) is 4.37. The summed E-state index contributed by atoms with van der Waals surface area (Å²) in [4.78, 5) is 0. The van der Waals surface area contributed by atoms with Crippen LogP contribution in [0.1, 0.15) is 33.6 Å². The van der Waals surface area contributed by atoms with Crippen molar-refractivity contribution in [2.75, 3.05) is 5.75 Å². The fourth-order valence-electron chi connectivity index (χ4n) is 1.68. The van der Waals surface area contributed by atoms with Crippen molar-refractivity contribution in [2.24, 2.45) is 11.8 Å². The third-order valence-corrected chi connectivity index (χ3v) is 3.20. The Hall–Kier alpha value is 0.260. The van der Waals surface area contributed by atoms with E-state index < -0.39 is 15.0 Å². The molecule has 0 radical (unpaired) electrons. The largest absolute Gasteiger partial charge is 0.392 e. The molecule has 0 aliphatic carbocycles. The molecule has 14 heavy (non-hydrogen) atoms. The smallest absolute Gasteiger partial charge is 0.201 e. The molecule has 0 aliphatic heterocycles. The standard InChI is InChI=1S/C9H20O3S2/c1-7(2)4-8(3)5-9(10)6-14(11,12)13/h7-10H,4-6H2,1-3H3,(H,11,12,13). The van der Waals surface area contributed by atoms with Crippen molar-refractivity contribution >= 4 is 20.5 Å². The third-order valence-electron chi connectivity index (χ3n) is 1.95. The van der Waals surface area contributed by atoms with Gasteiger partial charge in [-0.3, -0.25) is 0 Å². The van der Waals surface area contributed by atoms with Gasteiger partial charge in [-0.2, -0.15) is 0 Å². The van der Waals surface area contributed by atoms with Crippen LogP contribution >= 0.6 is 11.7 Å². The van der Waals surface area contributed by atoms with Crippen LogP contribution in [-0.4, -0.2) is 25.4 Å². The van der Waals surface area contributed by atoms with Crippen LogP contribution in [0.4, 0.5) is 0 Å². The predicted molar refractivity (Wildman–Crippen MR) is 62.0 cm³/mol. The van der Waals surface area contributed by atoms with Gasteiger partial charge in [-0.1, -0.05) is 20.8 Å². The number of thiol groups is 1. The van der Waals surface area contributed by atoms with Crippen molar-refractivity contribution in [3.05, 3.63) is 0 Å². The third kappa shape index (κ3) is 8.84. The zero-order valence-electron chi connectivity index (χ0n) is 8.97. The average Bonchev–Trinajstić information content (AvgIpc) is 1.77. The van der Waals surface area contributed by atoms with E-state index in [-0.39, 0.29) is 5.75 Å². The van der Waals surface area contributed by atoms with Gasteiger partial charge < -0.3 is 5.11 Å². The molecule has 1 N–H and O–H groups in total. The summed E-state index contributed by atoms with van der Waals surface area (Å²) in [5.41, 5.74) is 0. The highest BCUT2D eigenvalue weighted by molar-refractivity contribution is 8.63. The number of aliphatic hydroxyl groups is 1. The van der Waals surface area contributed by atoms with Crippen LogP contribution in [0, 0.1) is 11.8 Å². The van der Waals surface area contributed by atoms with Crippen molar-refractivity contribution in [2.45, 2.75) is 39.7 Å². The van der Waals surface area contributed by atoms with Crippen molar-refractivity contribution in [3.8, 4) is 0 Å². The zero-order valence-corrected chi connectivity index (χ0v) is 10.7. The van der Waals surface area contributed by atoms with Gasteiger partial charge >= 0.3 is 0 Å². The van der Waals surface area contributed by atoms with Crippen LogP contribution < -0.4 is 0 Å². The molecule has 0 spiro atoms. The SMILES string of the molecule is CC(C)CC(C)CC(O)CS(=O)(=O)S. The zero-order chi connectivity index (χ0) is 11.4. The van der Waals surface area contributed by atoms with Crippen molar-refractivity contribution in [3.63, 3.8) is 0 Å². The van der Waals surface area contributed by atoms with E-state index >= 15 is 0 Å². The average molecular weight is 240 g/mol. The van der Waals surface area contributed by atoms with Gasteiger partial charge in [0.2, 0.25) is 8.87 Å². The quantitative estimate of drug-likeness (QED) is 0.548. The Morgan fingerprint density at radius 3 is 2.07 bits per heavy atom. The lowest BCUT2D eigenvalue weighted by Gasteiger charge is -2.17. The Morgan fingerprint density at radius 1 is 1.21 bits per heavy atom. The first-order chi connectivity index (χ1) is 6.20. The van der Waals surface area contributed by atoms with Gasteiger partial charge in [0.25, 0.3) is 0 Å². The first-order valence-corrected chi connectivity index (χ1v) is 7.54. The van der Waals surface area contributed by atoms with Crippen molar-refractivity contribution in [1.82, 2.24) is 0 Å². The van der Waals surface area contributed by atoms with E-state index in [2.05, 4.69) is 25.5 Å². The monoisotopic (exact) mass is 240 g/mol. The van der Waals surface area contributed by atoms with E-state index in [1.54, 1.807) is 0 Å². The van der Waals surface area contributed by atoms with Crippen LogP contribution in [0.25, 0.3) is 0 Å². The molecule has 2 unspecified atom stereocenters. The molecule has 86 valence electrons. The summed E-state index contributed by atoms with van der Waals surface area (Å²) in [6, 6.07) is 0. The lowest BCUT2D eigenvalue weighted by molar-refractivity contribution is 0.161. The highest BCUT2D eigenvalue weighted by Crippen LogP contribution is 2.17. The maximum Gasteiger partial charge on any atom is 0.201 e. The van der Waals surface area contributed by atoms with E-state index in [1.165, 1.54) is 0 Å². The molecule has 0 amide bonds. The Morgan fingerprint density at radius 2 is 1.71 bits per heavy atom. The van der Waals surface area contributed by atoms with Crippen LogP contribution in [-0.2, 0) is 8.87 Å². The molecule has 0 aliphatic rings. The molecular formula is C9H20O3S2. The Bertz CT molecular complexity index is 247. The summed E-state index contributed by atoms with van der Waals surface area (Å²) in [6.07, 6.45) is 0.744. The van der Waals surface area contributed by atoms with Crippen LogP contribution in [0.5, 0.6) is 0 Å². The summed E-state index contributed by atoms with van der Waals surface area (Å²) >= 11 is 3.40. The van der Waals surface area contributed by atoms with Gasteiger partial charge in [-0.15, -0.1) is 0 Å². The number of hydrogen-bond donors (Lipinski definition) is 2. The van der Waals surface area contributed by atoms with Gasteiger partial charge in [0.05, 0.1) is 11.9 Å². The molecule has 0 bridgehead atoms. The van der Waals surface area contributed by atoms with Crippen LogP contribution in [0.2, 0.25) is 0 Å². The molecule has 0 rings (SSSR count). The molecule has 0 aromatic heterocycles. The minimum absolute atomic E-state index is 0.251. The van der Waals surface area contributed by atoms with Crippen LogP contribution in [0.15, 0.2) is 0 Å². The summed E-state index contributed by atoms with van der Waals surface area (Å²) in [5, 5.41) is 9.44. The normalized spacial score (nSPS) is 17.0. The van der Waals surface area contributed by atoms with E-state index in [1.807, 2.05) is 6.92 Å². The first kappa shape index (κ1) is 14.3. The summed E-state index contributed by atoms with van der Waals surface area (Å²) < 4.78 is 21.5. The number of rotatable bonds is 6. The Labute approximate surface area is 91.6 Å². The molecule has 0 saturated carbocycles. The maximum atomic E-state index is 10.7. The van der Waals surface area contributed by atoms with Gasteiger partial charge in [-0.05, 0) is 36.3 Å². The van der Waals surface area contributed by atoms with Gasteiger partial charge in [-0.25, -0.2) is 8.42 Å². The summed E-state index contributed by atoms with van der Waals surface area (Å²) in [7, 11) is -3.35. The second kappa shape index (κ2) is 5.98. The molecule has 0 aromatic carbocycles. The molecule has 3 nitrogen and oxygen atoms in total. The Kier molecular flexibility index (Phi) is 6.09. The highest BCUT2D eigenvalue weighted by atomic mass is 33.1. The Balaban J connectivity index is 3.88. The van der Waals surface area contributed by atoms with E-state index in [9.17, 15) is 13.5 Å². The topological polar surface area (TPSA) is 54.4 Å². The molecular weight excluding hydrogens is 220 g/mol. The minimum atomic E-state index is -3.35. The van der Waals surface area contributed by atoms with Gasteiger partial charge in [0.15, 0.2) is 0 Å². The molecule has 0 fully saturated rings. The molecule has 5 heteroatoms. The highest BCUT2D eigenvalue weighted by Gasteiger charge is 2.16. The number of aliphatic hydroxyl groups excluding tert-OH is 1. The van der Waals surface area contributed by atoms with Gasteiger partial charge in [0, 0.05) is 0 Å². The summed E-state index contributed by atoms with van der Waals surface area (Å²) in [6.45, 7) is 6.24. The lowest BCUT2D eigenvalue weighted by Crippen LogP contribution is -2.20. The fourth-order valence-corrected chi connectivity index (χ4v) is 2.82. The van der Waals surface area contributed by atoms with E-state index in [4.69, 9.17) is 0 Å². The molecule has 0 heterocycles. The predicted octanol–water partition coefficient (Wildman–Crippen LogP) is 1.68. The van der Waals surface area contributed by atoms with E-state index in [0.717, 1.165) is 6.42 Å². The summed E-state index contributed by atoms with van der Waals surface area (Å²) in [5.74, 6) is 0.670. The minimum Gasteiger partial charge on any atom is -0.392 e. The molecule has 2 atom stereocenters. The van der Waals surface area contributed by atoms with E-state index in [0.29, 0.717) is 18.3 Å². The second-order valence-corrected chi connectivity index (χ2v) is 7.54.